The molecule has 0 saturated carbocycles. The number of aliphatic hydroxyl groups is 5. The maximum absolute atomic E-state index is 11.3. The molecular weight excluding hydrogens is 404 g/mol. The molecule has 0 aliphatic carbocycles. The van der Waals surface area contributed by atoms with E-state index >= 15 is 0 Å². The number of hydrogen-bond donors (Lipinski definition) is 6. The van der Waals surface area contributed by atoms with E-state index < -0.39 is 41.6 Å². The third-order valence-electron chi connectivity index (χ3n) is 4.67. The van der Waals surface area contributed by atoms with Gasteiger partial charge in [-0.05, 0) is 27.2 Å². The zero-order valence-corrected chi connectivity index (χ0v) is 18.3. The molecule has 6 N–H and O–H groups in total. The molecule has 180 valence electrons. The Morgan fingerprint density at radius 3 is 1.43 bits per heavy atom. The standard InChI is InChI=1S/C13H24O8.C6H14O3/c1-5-18-13(19-6-2,21-20-7-3)12(8-14,9-15)10(4)11(16)17;1-2-6(3-7,4-8)5-9/h14-15H,4-9H2,1-3H3,(H,16,17);7-9H,2-5H2,1H3. The molecule has 11 nitrogen and oxygen atoms in total. The summed E-state index contributed by atoms with van der Waals surface area (Å²) in [5.74, 6) is -3.56. The third kappa shape index (κ3) is 7.52. The molecule has 0 aliphatic rings. The van der Waals surface area contributed by atoms with Gasteiger partial charge < -0.3 is 40.1 Å². The Hall–Kier alpha value is -1.15. The van der Waals surface area contributed by atoms with E-state index in [0.717, 1.165) is 0 Å². The monoisotopic (exact) mass is 442 g/mol. The topological polar surface area (TPSA) is 175 Å². The van der Waals surface area contributed by atoms with Crippen molar-refractivity contribution in [3.63, 3.8) is 0 Å². The van der Waals surface area contributed by atoms with Gasteiger partial charge >= 0.3 is 11.9 Å². The molecule has 0 aromatic rings. The molecule has 0 amide bonds. The normalized spacial score (nSPS) is 12.3. The number of ether oxygens (including phenoxy) is 2. The lowest BCUT2D eigenvalue weighted by Crippen LogP contribution is -2.60. The molecule has 0 radical (unpaired) electrons. The van der Waals surface area contributed by atoms with Crippen LogP contribution in [0.15, 0.2) is 12.2 Å². The highest BCUT2D eigenvalue weighted by Crippen LogP contribution is 2.42. The Balaban J connectivity index is 0. The minimum absolute atomic E-state index is 0.0573. The molecule has 0 aromatic carbocycles. The summed E-state index contributed by atoms with van der Waals surface area (Å²) < 4.78 is 10.8. The lowest BCUT2D eigenvalue weighted by molar-refractivity contribution is -0.535. The average Bonchev–Trinajstić information content (AvgIpc) is 2.76. The van der Waals surface area contributed by atoms with Crippen molar-refractivity contribution < 1.29 is 54.7 Å². The van der Waals surface area contributed by atoms with E-state index in [4.69, 9.17) is 34.6 Å². The SMILES string of the molecule is C=C(C(=O)O)C(CO)(CO)C(OCC)(OCC)OOCC.CCC(CO)(CO)CO. The number of rotatable bonds is 16. The Morgan fingerprint density at radius 1 is 0.800 bits per heavy atom. The van der Waals surface area contributed by atoms with Crippen molar-refractivity contribution in [3.05, 3.63) is 12.2 Å². The summed E-state index contributed by atoms with van der Waals surface area (Å²) in [5.41, 5.74) is -3.13. The van der Waals surface area contributed by atoms with Crippen LogP contribution in [0, 0.1) is 10.8 Å². The van der Waals surface area contributed by atoms with Crippen molar-refractivity contribution in [3.8, 4) is 0 Å². The summed E-state index contributed by atoms with van der Waals surface area (Å²) in [4.78, 5) is 21.2. The van der Waals surface area contributed by atoms with Crippen LogP contribution >= 0.6 is 0 Å². The van der Waals surface area contributed by atoms with Crippen molar-refractivity contribution in [1.29, 1.82) is 0 Å². The Morgan fingerprint density at radius 2 is 1.23 bits per heavy atom. The Bertz CT molecular complexity index is 450. The largest absolute Gasteiger partial charge is 0.478 e. The second-order valence-corrected chi connectivity index (χ2v) is 6.42. The molecule has 0 bridgehead atoms. The van der Waals surface area contributed by atoms with E-state index in [1.807, 2.05) is 6.92 Å². The Kier molecular flexibility index (Phi) is 16.2. The Labute approximate surface area is 177 Å². The van der Waals surface area contributed by atoms with Gasteiger partial charge in [0.05, 0.1) is 39.6 Å². The van der Waals surface area contributed by atoms with Crippen LogP contribution in [0.4, 0.5) is 0 Å². The number of carboxylic acid groups (broad SMARTS) is 1. The van der Waals surface area contributed by atoms with E-state index in [2.05, 4.69) is 6.58 Å². The quantitative estimate of drug-likeness (QED) is 0.0797. The molecule has 0 saturated heterocycles. The van der Waals surface area contributed by atoms with Crippen molar-refractivity contribution >= 4 is 5.97 Å². The lowest BCUT2D eigenvalue weighted by Gasteiger charge is -2.45. The van der Waals surface area contributed by atoms with Gasteiger partial charge in [0.15, 0.2) is 0 Å². The maximum Gasteiger partial charge on any atom is 0.332 e. The smallest absolute Gasteiger partial charge is 0.332 e. The number of aliphatic carboxylic acids is 1. The maximum atomic E-state index is 11.3. The number of aliphatic hydroxyl groups excluding tert-OH is 5. The van der Waals surface area contributed by atoms with Gasteiger partial charge in [0.1, 0.15) is 5.41 Å². The van der Waals surface area contributed by atoms with Crippen LogP contribution < -0.4 is 0 Å². The van der Waals surface area contributed by atoms with Crippen molar-refractivity contribution in [2.45, 2.75) is 40.1 Å². The number of hydrogen-bond acceptors (Lipinski definition) is 10. The fourth-order valence-corrected chi connectivity index (χ4v) is 2.27. The minimum Gasteiger partial charge on any atom is -0.478 e. The van der Waals surface area contributed by atoms with Crippen LogP contribution in [0.3, 0.4) is 0 Å². The van der Waals surface area contributed by atoms with Gasteiger partial charge in [-0.2, -0.15) is 4.89 Å². The van der Waals surface area contributed by atoms with Gasteiger partial charge in [0, 0.05) is 24.2 Å². The van der Waals surface area contributed by atoms with Crippen LogP contribution in [-0.2, 0) is 24.0 Å². The highest BCUT2D eigenvalue weighted by molar-refractivity contribution is 5.87. The predicted molar refractivity (Wildman–Crippen MR) is 106 cm³/mol. The minimum atomic E-state index is -2.13. The van der Waals surface area contributed by atoms with Gasteiger partial charge in [-0.15, -0.1) is 0 Å². The first-order valence-corrected chi connectivity index (χ1v) is 9.71. The fraction of sp³-hybridized carbons (Fsp3) is 0.842. The summed E-state index contributed by atoms with van der Waals surface area (Å²) >= 11 is 0. The zero-order valence-electron chi connectivity index (χ0n) is 18.3. The van der Waals surface area contributed by atoms with E-state index in [1.54, 1.807) is 20.8 Å². The zero-order chi connectivity index (χ0) is 23.8. The fourth-order valence-electron chi connectivity index (χ4n) is 2.27. The van der Waals surface area contributed by atoms with Crippen LogP contribution in [0.5, 0.6) is 0 Å². The van der Waals surface area contributed by atoms with Gasteiger partial charge in [0.25, 0.3) is 0 Å². The second-order valence-electron chi connectivity index (χ2n) is 6.42. The lowest BCUT2D eigenvalue weighted by atomic mass is 9.79. The summed E-state index contributed by atoms with van der Waals surface area (Å²) in [6, 6.07) is 0. The summed E-state index contributed by atoms with van der Waals surface area (Å²) in [5, 5.41) is 54.6. The molecule has 0 atom stereocenters. The van der Waals surface area contributed by atoms with Gasteiger partial charge in [0.2, 0.25) is 0 Å². The van der Waals surface area contributed by atoms with Gasteiger partial charge in [-0.25, -0.2) is 9.68 Å². The summed E-state index contributed by atoms with van der Waals surface area (Å²) in [6.07, 6.45) is 0.594. The summed E-state index contributed by atoms with van der Waals surface area (Å²) in [6.45, 7) is 8.18. The summed E-state index contributed by atoms with van der Waals surface area (Å²) in [7, 11) is 0. The molecule has 0 unspecified atom stereocenters. The molecule has 30 heavy (non-hydrogen) atoms. The molecule has 0 fully saturated rings. The molecule has 0 heterocycles. The van der Waals surface area contributed by atoms with Gasteiger partial charge in [-0.1, -0.05) is 13.5 Å². The van der Waals surface area contributed by atoms with Crippen molar-refractivity contribution in [2.75, 3.05) is 52.9 Å². The van der Waals surface area contributed by atoms with E-state index in [-0.39, 0.29) is 39.6 Å². The molecule has 0 spiro atoms. The van der Waals surface area contributed by atoms with Crippen LogP contribution in [0.2, 0.25) is 0 Å². The molecular formula is C19H38O11. The molecule has 11 heteroatoms. The van der Waals surface area contributed by atoms with Crippen LogP contribution in [0.25, 0.3) is 0 Å². The number of carbonyl (C=O) groups is 1. The second kappa shape index (κ2) is 15.6. The first-order valence-electron chi connectivity index (χ1n) is 9.71. The highest BCUT2D eigenvalue weighted by Gasteiger charge is 2.60. The third-order valence-corrected chi connectivity index (χ3v) is 4.67. The van der Waals surface area contributed by atoms with Gasteiger partial charge in [-0.3, -0.25) is 0 Å². The van der Waals surface area contributed by atoms with Crippen LogP contribution in [0.1, 0.15) is 34.1 Å². The number of carboxylic acids is 1. The van der Waals surface area contributed by atoms with Crippen LogP contribution in [-0.4, -0.2) is 95.4 Å². The molecule has 0 aromatic heterocycles. The van der Waals surface area contributed by atoms with E-state index in [9.17, 15) is 20.1 Å². The average molecular weight is 443 g/mol. The molecule has 0 rings (SSSR count). The molecule has 0 aliphatic heterocycles. The first kappa shape index (κ1) is 31.0. The highest BCUT2D eigenvalue weighted by atomic mass is 17.3. The van der Waals surface area contributed by atoms with E-state index in [0.29, 0.717) is 6.42 Å². The van der Waals surface area contributed by atoms with E-state index in [1.165, 1.54) is 0 Å². The van der Waals surface area contributed by atoms with Crippen molar-refractivity contribution in [2.24, 2.45) is 10.8 Å². The predicted octanol–water partition coefficient (Wildman–Crippen LogP) is -0.347. The first-order chi connectivity index (χ1) is 14.2. The van der Waals surface area contributed by atoms with Crippen molar-refractivity contribution in [1.82, 2.24) is 0 Å².